The number of anilines is 2. The average molecular weight is 462 g/mol. The summed E-state index contributed by atoms with van der Waals surface area (Å²) in [5.41, 5.74) is -1.83. The Labute approximate surface area is 155 Å². The van der Waals surface area contributed by atoms with Crippen molar-refractivity contribution in [2.24, 2.45) is 14.1 Å². The molecule has 0 atom stereocenters. The van der Waals surface area contributed by atoms with E-state index < -0.39 is 23.0 Å². The van der Waals surface area contributed by atoms with Crippen molar-refractivity contribution in [2.75, 3.05) is 18.5 Å². The van der Waals surface area contributed by atoms with Gasteiger partial charge < -0.3 is 15.7 Å². The molecule has 134 valence electrons. The van der Waals surface area contributed by atoms with Crippen LogP contribution in [0.3, 0.4) is 0 Å². The maximum atomic E-state index is 14.1. The van der Waals surface area contributed by atoms with Crippen molar-refractivity contribution in [1.29, 1.82) is 0 Å². The molecule has 0 fully saturated rings. The molecule has 2 aromatic rings. The Balaban J connectivity index is 2.64. The van der Waals surface area contributed by atoms with Gasteiger partial charge in [0.25, 0.3) is 11.5 Å². The molecule has 1 aromatic carbocycles. The van der Waals surface area contributed by atoms with Gasteiger partial charge in [0.15, 0.2) is 0 Å². The first-order valence-electron chi connectivity index (χ1n) is 7.19. The lowest BCUT2D eigenvalue weighted by Crippen LogP contribution is -2.43. The van der Waals surface area contributed by atoms with E-state index in [2.05, 4.69) is 10.6 Å². The monoisotopic (exact) mass is 462 g/mol. The van der Waals surface area contributed by atoms with E-state index in [9.17, 15) is 18.8 Å². The normalized spacial score (nSPS) is 10.6. The summed E-state index contributed by atoms with van der Waals surface area (Å²) in [7, 11) is 2.60. The van der Waals surface area contributed by atoms with Crippen LogP contribution >= 0.6 is 22.6 Å². The number of benzene rings is 1. The highest BCUT2D eigenvalue weighted by Gasteiger charge is 2.22. The fraction of sp³-hybridized carbons (Fsp3) is 0.267. The van der Waals surface area contributed by atoms with Crippen LogP contribution in [0.1, 0.15) is 10.4 Å². The molecule has 0 aliphatic carbocycles. The molecule has 1 heterocycles. The number of halogens is 2. The summed E-state index contributed by atoms with van der Waals surface area (Å²) >= 11 is 1.94. The summed E-state index contributed by atoms with van der Waals surface area (Å²) in [6.07, 6.45) is 0. The molecular weight excluding hydrogens is 446 g/mol. The highest BCUT2D eigenvalue weighted by atomic mass is 127. The van der Waals surface area contributed by atoms with E-state index in [0.29, 0.717) is 3.57 Å². The van der Waals surface area contributed by atoms with Gasteiger partial charge in [-0.05, 0) is 40.8 Å². The lowest BCUT2D eigenvalue weighted by molar-refractivity contribution is 0.0942. The van der Waals surface area contributed by atoms with Crippen molar-refractivity contribution in [1.82, 2.24) is 14.5 Å². The minimum atomic E-state index is -0.827. The van der Waals surface area contributed by atoms with Crippen molar-refractivity contribution in [3.63, 3.8) is 0 Å². The van der Waals surface area contributed by atoms with Gasteiger partial charge in [-0.15, -0.1) is 0 Å². The lowest BCUT2D eigenvalue weighted by Gasteiger charge is -2.17. The predicted molar refractivity (Wildman–Crippen MR) is 98.7 cm³/mol. The van der Waals surface area contributed by atoms with Crippen molar-refractivity contribution < 1.29 is 14.3 Å². The second-order valence-corrected chi connectivity index (χ2v) is 6.40. The maximum absolute atomic E-state index is 14.1. The van der Waals surface area contributed by atoms with Gasteiger partial charge in [0.2, 0.25) is 0 Å². The third-order valence-electron chi connectivity index (χ3n) is 3.47. The van der Waals surface area contributed by atoms with Gasteiger partial charge in [-0.2, -0.15) is 0 Å². The van der Waals surface area contributed by atoms with E-state index in [4.69, 9.17) is 5.11 Å². The third kappa shape index (κ3) is 3.90. The summed E-state index contributed by atoms with van der Waals surface area (Å²) in [6.45, 7) is -0.380. The minimum absolute atomic E-state index is 0.0138. The lowest BCUT2D eigenvalue weighted by atomic mass is 10.2. The van der Waals surface area contributed by atoms with Crippen LogP contribution < -0.4 is 21.9 Å². The second-order valence-electron chi connectivity index (χ2n) is 5.16. The van der Waals surface area contributed by atoms with Crippen LogP contribution in [0.15, 0.2) is 27.8 Å². The second kappa shape index (κ2) is 7.78. The summed E-state index contributed by atoms with van der Waals surface area (Å²) < 4.78 is 16.6. The Morgan fingerprint density at radius 2 is 1.96 bits per heavy atom. The number of nitrogens with one attached hydrogen (secondary N) is 2. The number of aliphatic hydroxyl groups excluding tert-OH is 1. The van der Waals surface area contributed by atoms with E-state index in [-0.39, 0.29) is 30.2 Å². The highest BCUT2D eigenvalue weighted by Crippen LogP contribution is 2.22. The molecule has 1 aromatic heterocycles. The fourth-order valence-electron chi connectivity index (χ4n) is 2.17. The Morgan fingerprint density at radius 1 is 1.28 bits per heavy atom. The minimum Gasteiger partial charge on any atom is -0.395 e. The SMILES string of the molecule is Cn1c(Nc2ccc(I)cc2F)c(C(=O)NCCO)c(=O)n(C)c1=O. The van der Waals surface area contributed by atoms with Gasteiger partial charge >= 0.3 is 5.69 Å². The van der Waals surface area contributed by atoms with Crippen molar-refractivity contribution in [2.45, 2.75) is 0 Å². The molecule has 3 N–H and O–H groups in total. The molecule has 0 spiro atoms. The Kier molecular flexibility index (Phi) is 5.95. The first-order chi connectivity index (χ1) is 11.8. The fourth-order valence-corrected chi connectivity index (χ4v) is 2.62. The molecule has 8 nitrogen and oxygen atoms in total. The Hall–Kier alpha value is -2.21. The quantitative estimate of drug-likeness (QED) is 0.555. The molecule has 2 rings (SSSR count). The largest absolute Gasteiger partial charge is 0.395 e. The molecule has 0 bridgehead atoms. The number of carbonyl (C=O) groups excluding carboxylic acids is 1. The van der Waals surface area contributed by atoms with Crippen molar-refractivity contribution in [3.05, 3.63) is 54.0 Å². The van der Waals surface area contributed by atoms with E-state index in [1.165, 1.54) is 26.2 Å². The summed E-state index contributed by atoms with van der Waals surface area (Å²) in [6, 6.07) is 4.35. The number of aliphatic hydroxyl groups is 1. The van der Waals surface area contributed by atoms with Gasteiger partial charge in [-0.1, -0.05) is 0 Å². The summed E-state index contributed by atoms with van der Waals surface area (Å²) in [5, 5.41) is 13.8. The third-order valence-corrected chi connectivity index (χ3v) is 4.14. The predicted octanol–water partition coefficient (Wildman–Crippen LogP) is 0.293. The summed E-state index contributed by atoms with van der Waals surface area (Å²) in [5.74, 6) is -1.51. The van der Waals surface area contributed by atoms with Crippen LogP contribution in [0.5, 0.6) is 0 Å². The van der Waals surface area contributed by atoms with E-state index >= 15 is 0 Å². The smallest absolute Gasteiger partial charge is 0.332 e. The number of hydrogen-bond acceptors (Lipinski definition) is 5. The van der Waals surface area contributed by atoms with Crippen LogP contribution in [-0.4, -0.2) is 33.3 Å². The van der Waals surface area contributed by atoms with Gasteiger partial charge in [0.05, 0.1) is 12.3 Å². The van der Waals surface area contributed by atoms with Crippen molar-refractivity contribution >= 4 is 40.0 Å². The van der Waals surface area contributed by atoms with Crippen LogP contribution in [0.4, 0.5) is 15.9 Å². The first-order valence-corrected chi connectivity index (χ1v) is 8.27. The molecule has 0 aliphatic heterocycles. The molecule has 0 radical (unpaired) electrons. The topological polar surface area (TPSA) is 105 Å². The number of hydrogen-bond donors (Lipinski definition) is 3. The zero-order valence-electron chi connectivity index (χ0n) is 13.5. The number of carbonyl (C=O) groups is 1. The molecule has 25 heavy (non-hydrogen) atoms. The molecule has 0 unspecified atom stereocenters. The Bertz CT molecular complexity index is 938. The number of nitrogens with zero attached hydrogens (tertiary/aromatic N) is 2. The zero-order valence-corrected chi connectivity index (χ0v) is 15.6. The molecule has 10 heteroatoms. The van der Waals surface area contributed by atoms with Crippen LogP contribution in [0.2, 0.25) is 0 Å². The zero-order chi connectivity index (χ0) is 18.7. The number of amides is 1. The molecule has 0 aliphatic rings. The standard InChI is InChI=1S/C15H16FIN4O4/c1-20-12(19-10-4-3-8(17)7-9(10)16)11(13(23)18-5-6-22)14(24)21(2)15(20)25/h3-4,7,19,22H,5-6H2,1-2H3,(H,18,23). The van der Waals surface area contributed by atoms with Crippen LogP contribution in [0.25, 0.3) is 0 Å². The number of aromatic nitrogens is 2. The van der Waals surface area contributed by atoms with Gasteiger partial charge in [0.1, 0.15) is 17.2 Å². The highest BCUT2D eigenvalue weighted by molar-refractivity contribution is 14.1. The van der Waals surface area contributed by atoms with Gasteiger partial charge in [-0.3, -0.25) is 18.7 Å². The van der Waals surface area contributed by atoms with Crippen molar-refractivity contribution in [3.8, 4) is 0 Å². The Morgan fingerprint density at radius 3 is 2.56 bits per heavy atom. The molecular formula is C15H16FIN4O4. The van der Waals surface area contributed by atoms with E-state index in [1.54, 1.807) is 6.07 Å². The number of rotatable bonds is 5. The first kappa shape index (κ1) is 19.1. The van der Waals surface area contributed by atoms with Crippen LogP contribution in [0, 0.1) is 9.39 Å². The van der Waals surface area contributed by atoms with E-state index in [1.807, 2.05) is 22.6 Å². The molecule has 0 saturated heterocycles. The summed E-state index contributed by atoms with van der Waals surface area (Å²) in [4.78, 5) is 36.8. The maximum Gasteiger partial charge on any atom is 0.332 e. The molecule has 1 amide bonds. The van der Waals surface area contributed by atoms with E-state index in [0.717, 1.165) is 9.13 Å². The van der Waals surface area contributed by atoms with Gasteiger partial charge in [-0.25, -0.2) is 9.18 Å². The van der Waals surface area contributed by atoms with Gasteiger partial charge in [0, 0.05) is 24.2 Å². The van der Waals surface area contributed by atoms with Crippen LogP contribution in [-0.2, 0) is 14.1 Å². The average Bonchev–Trinajstić information content (AvgIpc) is 2.57. The molecule has 0 saturated carbocycles.